The van der Waals surface area contributed by atoms with Gasteiger partial charge in [-0.15, -0.1) is 5.10 Å². The van der Waals surface area contributed by atoms with Crippen LogP contribution < -0.4 is 0 Å². The largest absolute Gasteiger partial charge is 0.476 e. The minimum atomic E-state index is -1.22. The van der Waals surface area contributed by atoms with E-state index in [0.717, 1.165) is 11.6 Å². The Morgan fingerprint density at radius 3 is 2.50 bits per heavy atom. The van der Waals surface area contributed by atoms with Gasteiger partial charge in [0.25, 0.3) is 0 Å². The van der Waals surface area contributed by atoms with Crippen molar-refractivity contribution in [2.45, 2.75) is 13.5 Å². The molecule has 24 heavy (non-hydrogen) atoms. The number of rotatable bonds is 4. The molecular weight excluding hydrogens is 316 g/mol. The topological polar surface area (TPSA) is 68.0 Å². The maximum absolute atomic E-state index is 13.4. The molecule has 0 saturated heterocycles. The van der Waals surface area contributed by atoms with Crippen LogP contribution >= 0.6 is 0 Å². The fourth-order valence-electron chi connectivity index (χ4n) is 2.52. The molecule has 0 saturated carbocycles. The molecule has 0 bridgehead atoms. The average molecular weight is 329 g/mol. The summed E-state index contributed by atoms with van der Waals surface area (Å²) in [5.74, 6) is -2.63. The van der Waals surface area contributed by atoms with Gasteiger partial charge in [-0.25, -0.2) is 18.3 Å². The van der Waals surface area contributed by atoms with E-state index in [2.05, 4.69) is 10.3 Å². The first-order valence-electron chi connectivity index (χ1n) is 7.13. The van der Waals surface area contributed by atoms with Gasteiger partial charge in [0, 0.05) is 11.6 Å². The molecule has 3 aromatic rings. The van der Waals surface area contributed by atoms with E-state index in [1.807, 2.05) is 13.0 Å². The van der Waals surface area contributed by atoms with Crippen LogP contribution in [0.25, 0.3) is 11.3 Å². The third kappa shape index (κ3) is 3.15. The zero-order chi connectivity index (χ0) is 17.3. The molecule has 3 rings (SSSR count). The molecule has 7 heteroatoms. The lowest BCUT2D eigenvalue weighted by Crippen LogP contribution is -2.07. The first-order chi connectivity index (χ1) is 11.4. The van der Waals surface area contributed by atoms with Crippen molar-refractivity contribution < 1.29 is 18.7 Å². The number of aromatic carboxylic acids is 1. The lowest BCUT2D eigenvalue weighted by molar-refractivity contribution is 0.0691. The summed E-state index contributed by atoms with van der Waals surface area (Å²) in [6, 6.07) is 10.3. The average Bonchev–Trinajstić information content (AvgIpc) is 2.90. The SMILES string of the molecule is Cc1cccc(-c2c(C(=O)O)nnn2Cc2cc(F)cc(F)c2)c1. The minimum absolute atomic E-state index is 0.00175. The number of carbonyl (C=O) groups is 1. The molecule has 0 spiro atoms. The molecule has 0 fully saturated rings. The second kappa shape index (κ2) is 6.19. The summed E-state index contributed by atoms with van der Waals surface area (Å²) in [6.07, 6.45) is 0. The number of carboxylic acid groups (broad SMARTS) is 1. The fourth-order valence-corrected chi connectivity index (χ4v) is 2.52. The third-order valence-corrected chi connectivity index (χ3v) is 3.48. The molecule has 0 aliphatic rings. The van der Waals surface area contributed by atoms with Crippen molar-refractivity contribution >= 4 is 5.97 Å². The molecule has 5 nitrogen and oxygen atoms in total. The Kier molecular flexibility index (Phi) is 4.07. The number of aryl methyl sites for hydroxylation is 1. The Morgan fingerprint density at radius 1 is 1.17 bits per heavy atom. The zero-order valence-corrected chi connectivity index (χ0v) is 12.7. The maximum Gasteiger partial charge on any atom is 0.358 e. The van der Waals surface area contributed by atoms with Gasteiger partial charge in [-0.05, 0) is 30.7 Å². The number of halogens is 2. The molecule has 2 aromatic carbocycles. The van der Waals surface area contributed by atoms with E-state index >= 15 is 0 Å². The molecule has 0 unspecified atom stereocenters. The number of carboxylic acids is 1. The highest BCUT2D eigenvalue weighted by Gasteiger charge is 2.21. The molecule has 1 aromatic heterocycles. The standard InChI is InChI=1S/C17H13F2N3O2/c1-10-3-2-4-12(5-10)16-15(17(23)24)20-21-22(16)9-11-6-13(18)8-14(19)7-11/h2-8H,9H2,1H3,(H,23,24). The van der Waals surface area contributed by atoms with Gasteiger partial charge in [0.05, 0.1) is 6.54 Å². The molecule has 1 heterocycles. The predicted molar refractivity (Wildman–Crippen MR) is 82.6 cm³/mol. The molecule has 0 aliphatic heterocycles. The summed E-state index contributed by atoms with van der Waals surface area (Å²) in [7, 11) is 0. The van der Waals surface area contributed by atoms with Crippen LogP contribution in [0, 0.1) is 18.6 Å². The Labute approximate surface area is 136 Å². The van der Waals surface area contributed by atoms with E-state index in [1.54, 1.807) is 18.2 Å². The highest BCUT2D eigenvalue weighted by molar-refractivity contribution is 5.92. The lowest BCUT2D eigenvalue weighted by atomic mass is 10.1. The minimum Gasteiger partial charge on any atom is -0.476 e. The van der Waals surface area contributed by atoms with Crippen molar-refractivity contribution in [3.63, 3.8) is 0 Å². The number of hydrogen-bond acceptors (Lipinski definition) is 3. The van der Waals surface area contributed by atoms with Crippen LogP contribution in [0.3, 0.4) is 0 Å². The van der Waals surface area contributed by atoms with Crippen molar-refractivity contribution in [3.8, 4) is 11.3 Å². The van der Waals surface area contributed by atoms with Crippen molar-refractivity contribution in [2.75, 3.05) is 0 Å². The van der Waals surface area contributed by atoms with Crippen molar-refractivity contribution in [3.05, 3.63) is 70.9 Å². The highest BCUT2D eigenvalue weighted by atomic mass is 19.1. The van der Waals surface area contributed by atoms with Crippen molar-refractivity contribution in [1.29, 1.82) is 0 Å². The van der Waals surface area contributed by atoms with Crippen LogP contribution in [-0.4, -0.2) is 26.1 Å². The van der Waals surface area contributed by atoms with Gasteiger partial charge in [0.2, 0.25) is 0 Å². The Hall–Kier alpha value is -3.09. The summed E-state index contributed by atoms with van der Waals surface area (Å²) >= 11 is 0. The summed E-state index contributed by atoms with van der Waals surface area (Å²) in [5.41, 5.74) is 1.96. The Bertz CT molecular complexity index is 902. The number of hydrogen-bond donors (Lipinski definition) is 1. The molecule has 0 radical (unpaired) electrons. The fraction of sp³-hybridized carbons (Fsp3) is 0.118. The van der Waals surface area contributed by atoms with Gasteiger partial charge in [-0.2, -0.15) is 0 Å². The van der Waals surface area contributed by atoms with Gasteiger partial charge in [0.1, 0.15) is 17.3 Å². The van der Waals surface area contributed by atoms with E-state index in [0.29, 0.717) is 11.1 Å². The molecule has 1 N–H and O–H groups in total. The van der Waals surface area contributed by atoms with Gasteiger partial charge in [0.15, 0.2) is 5.69 Å². The van der Waals surface area contributed by atoms with Crippen molar-refractivity contribution in [1.82, 2.24) is 15.0 Å². The zero-order valence-electron chi connectivity index (χ0n) is 12.7. The Balaban J connectivity index is 2.10. The number of nitrogens with zero attached hydrogens (tertiary/aromatic N) is 3. The van der Waals surface area contributed by atoms with Gasteiger partial charge in [-0.1, -0.05) is 29.0 Å². The quantitative estimate of drug-likeness (QED) is 0.797. The van der Waals surface area contributed by atoms with Crippen LogP contribution in [0.4, 0.5) is 8.78 Å². The van der Waals surface area contributed by atoms with Crippen LogP contribution in [0.1, 0.15) is 21.6 Å². The monoisotopic (exact) mass is 329 g/mol. The molecule has 0 atom stereocenters. The van der Waals surface area contributed by atoms with Gasteiger partial charge >= 0.3 is 5.97 Å². The van der Waals surface area contributed by atoms with Crippen LogP contribution in [-0.2, 0) is 6.54 Å². The van der Waals surface area contributed by atoms with Crippen LogP contribution in [0.5, 0.6) is 0 Å². The summed E-state index contributed by atoms with van der Waals surface area (Å²) < 4.78 is 28.0. The first-order valence-corrected chi connectivity index (χ1v) is 7.13. The predicted octanol–water partition coefficient (Wildman–Crippen LogP) is 3.28. The second-order valence-electron chi connectivity index (χ2n) is 5.40. The van der Waals surface area contributed by atoms with Gasteiger partial charge < -0.3 is 5.11 Å². The molecule has 0 amide bonds. The third-order valence-electron chi connectivity index (χ3n) is 3.48. The number of benzene rings is 2. The van der Waals surface area contributed by atoms with E-state index in [9.17, 15) is 18.7 Å². The van der Waals surface area contributed by atoms with Crippen LogP contribution in [0.2, 0.25) is 0 Å². The van der Waals surface area contributed by atoms with E-state index in [-0.39, 0.29) is 17.9 Å². The lowest BCUT2D eigenvalue weighted by Gasteiger charge is -2.08. The second-order valence-corrected chi connectivity index (χ2v) is 5.40. The molecular formula is C17H13F2N3O2. The van der Waals surface area contributed by atoms with E-state index < -0.39 is 17.6 Å². The van der Waals surface area contributed by atoms with Crippen LogP contribution in [0.15, 0.2) is 42.5 Å². The molecule has 0 aliphatic carbocycles. The summed E-state index contributed by atoms with van der Waals surface area (Å²) in [4.78, 5) is 11.4. The van der Waals surface area contributed by atoms with Gasteiger partial charge in [-0.3, -0.25) is 0 Å². The first kappa shape index (κ1) is 15.8. The Morgan fingerprint density at radius 2 is 1.88 bits per heavy atom. The maximum atomic E-state index is 13.4. The number of aromatic nitrogens is 3. The summed E-state index contributed by atoms with van der Waals surface area (Å²) in [5, 5.41) is 16.9. The summed E-state index contributed by atoms with van der Waals surface area (Å²) in [6.45, 7) is 1.87. The van der Waals surface area contributed by atoms with E-state index in [4.69, 9.17) is 0 Å². The van der Waals surface area contributed by atoms with E-state index in [1.165, 1.54) is 16.8 Å². The highest BCUT2D eigenvalue weighted by Crippen LogP contribution is 2.24. The smallest absolute Gasteiger partial charge is 0.358 e. The normalized spacial score (nSPS) is 10.8. The van der Waals surface area contributed by atoms with Crippen molar-refractivity contribution in [2.24, 2.45) is 0 Å². The molecule has 122 valence electrons.